The molecule has 0 saturated heterocycles. The predicted molar refractivity (Wildman–Crippen MR) is 127 cm³/mol. The van der Waals surface area contributed by atoms with Crippen LogP contribution in [-0.2, 0) is 6.54 Å². The smallest absolute Gasteiger partial charge is 0.245 e. The fraction of sp³-hybridized carbons (Fsp3) is 0.217. The molecule has 2 aromatic heterocycles. The van der Waals surface area contributed by atoms with E-state index in [1.54, 1.807) is 18.2 Å². The van der Waals surface area contributed by atoms with E-state index >= 15 is 0 Å². The van der Waals surface area contributed by atoms with Crippen molar-refractivity contribution in [1.82, 2.24) is 19.5 Å². The highest BCUT2D eigenvalue weighted by Crippen LogP contribution is 2.41. The van der Waals surface area contributed by atoms with E-state index in [0.29, 0.717) is 45.0 Å². The second kappa shape index (κ2) is 8.04. The van der Waals surface area contributed by atoms with Crippen LogP contribution in [0.4, 0.5) is 0 Å². The highest BCUT2D eigenvalue weighted by molar-refractivity contribution is 9.10. The minimum absolute atomic E-state index is 0.223. The van der Waals surface area contributed by atoms with Gasteiger partial charge in [-0.15, -0.1) is 0 Å². The third-order valence-corrected chi connectivity index (χ3v) is 7.04. The lowest BCUT2D eigenvalue weighted by Crippen LogP contribution is -2.13. The standard InChI is InChI=1S/C23H16BrCl2N5O/c1-23(7-8-23)32-22-19-21(28-12-29-22)31(11-14-9-15(25)6-5-13(14)10-27)20(30-19)16-3-2-4-17(24)18(16)26/h2-6,9,12H,7-8,11H2,1H3. The van der Waals surface area contributed by atoms with Crippen LogP contribution in [0.2, 0.25) is 10.0 Å². The lowest BCUT2D eigenvalue weighted by atomic mass is 10.1. The molecule has 0 N–H and O–H groups in total. The van der Waals surface area contributed by atoms with Crippen molar-refractivity contribution in [3.63, 3.8) is 0 Å². The molecule has 160 valence electrons. The Hall–Kier alpha value is -2.66. The first-order valence-electron chi connectivity index (χ1n) is 9.92. The predicted octanol–water partition coefficient (Wildman–Crippen LogP) is 6.41. The molecule has 0 amide bonds. The number of ether oxygens (including phenoxy) is 1. The molecule has 32 heavy (non-hydrogen) atoms. The number of halogens is 3. The molecule has 0 atom stereocenters. The average Bonchev–Trinajstić information content (AvgIpc) is 3.39. The van der Waals surface area contributed by atoms with Crippen LogP contribution < -0.4 is 4.74 Å². The van der Waals surface area contributed by atoms with E-state index in [-0.39, 0.29) is 5.60 Å². The third kappa shape index (κ3) is 3.83. The minimum Gasteiger partial charge on any atom is -0.470 e. The van der Waals surface area contributed by atoms with E-state index < -0.39 is 0 Å². The van der Waals surface area contributed by atoms with Crippen LogP contribution in [0.1, 0.15) is 30.9 Å². The molecule has 0 aliphatic heterocycles. The summed E-state index contributed by atoms with van der Waals surface area (Å²) in [7, 11) is 0. The van der Waals surface area contributed by atoms with Crippen molar-refractivity contribution >= 4 is 50.3 Å². The number of fused-ring (bicyclic) bond motifs is 1. The molecule has 0 bridgehead atoms. The maximum Gasteiger partial charge on any atom is 0.245 e. The van der Waals surface area contributed by atoms with Crippen LogP contribution in [0.3, 0.4) is 0 Å². The first-order valence-corrected chi connectivity index (χ1v) is 11.5. The molecule has 2 aromatic carbocycles. The maximum absolute atomic E-state index is 9.61. The molecule has 1 aliphatic rings. The van der Waals surface area contributed by atoms with Crippen LogP contribution in [0.5, 0.6) is 5.88 Å². The van der Waals surface area contributed by atoms with Gasteiger partial charge < -0.3 is 9.30 Å². The molecule has 4 aromatic rings. The van der Waals surface area contributed by atoms with E-state index in [1.165, 1.54) is 6.33 Å². The first kappa shape index (κ1) is 21.2. The Labute approximate surface area is 202 Å². The number of nitrogens with zero attached hydrogens (tertiary/aromatic N) is 5. The second-order valence-electron chi connectivity index (χ2n) is 7.94. The quantitative estimate of drug-likeness (QED) is 0.299. The number of hydrogen-bond donors (Lipinski definition) is 0. The topological polar surface area (TPSA) is 76.6 Å². The second-order valence-corrected chi connectivity index (χ2v) is 9.61. The number of hydrogen-bond acceptors (Lipinski definition) is 5. The Balaban J connectivity index is 1.74. The number of aromatic nitrogens is 4. The van der Waals surface area contributed by atoms with Crippen molar-refractivity contribution in [3.05, 3.63) is 68.4 Å². The van der Waals surface area contributed by atoms with Crippen LogP contribution >= 0.6 is 39.1 Å². The molecule has 1 saturated carbocycles. The van der Waals surface area contributed by atoms with E-state index in [2.05, 4.69) is 38.9 Å². The molecular formula is C23H16BrCl2N5O. The summed E-state index contributed by atoms with van der Waals surface area (Å²) in [6.45, 7) is 2.38. The van der Waals surface area contributed by atoms with Crippen molar-refractivity contribution in [2.24, 2.45) is 0 Å². The van der Waals surface area contributed by atoms with Crippen molar-refractivity contribution < 1.29 is 4.74 Å². The summed E-state index contributed by atoms with van der Waals surface area (Å²) < 4.78 is 8.83. The van der Waals surface area contributed by atoms with Gasteiger partial charge in [0.05, 0.1) is 23.2 Å². The van der Waals surface area contributed by atoms with Gasteiger partial charge >= 0.3 is 0 Å². The minimum atomic E-state index is -0.223. The van der Waals surface area contributed by atoms with E-state index in [4.69, 9.17) is 32.9 Å². The van der Waals surface area contributed by atoms with Crippen LogP contribution in [0.25, 0.3) is 22.6 Å². The highest BCUT2D eigenvalue weighted by Gasteiger charge is 2.41. The molecule has 5 rings (SSSR count). The number of nitriles is 1. The Kier molecular flexibility index (Phi) is 5.32. The molecule has 0 spiro atoms. The molecular weight excluding hydrogens is 513 g/mol. The van der Waals surface area contributed by atoms with Crippen LogP contribution in [0.15, 0.2) is 47.2 Å². The average molecular weight is 529 g/mol. The van der Waals surface area contributed by atoms with Crippen molar-refractivity contribution in [2.75, 3.05) is 0 Å². The summed E-state index contributed by atoms with van der Waals surface area (Å²) in [6.07, 6.45) is 3.41. The van der Waals surface area contributed by atoms with E-state index in [1.807, 2.05) is 22.8 Å². The van der Waals surface area contributed by atoms with Crippen molar-refractivity contribution in [3.8, 4) is 23.3 Å². The normalized spacial score (nSPS) is 14.3. The third-order valence-electron chi connectivity index (χ3n) is 5.50. The Bertz CT molecular complexity index is 1410. The SMILES string of the molecule is CC1(Oc2ncnc3c2nc(-c2cccc(Br)c2Cl)n3Cc2cc(Cl)ccc2C#N)CC1. The summed E-state index contributed by atoms with van der Waals surface area (Å²) >= 11 is 16.4. The van der Waals surface area contributed by atoms with Gasteiger partial charge in [-0.25, -0.2) is 9.97 Å². The molecule has 1 fully saturated rings. The van der Waals surface area contributed by atoms with Gasteiger partial charge in [-0.1, -0.05) is 29.3 Å². The first-order chi connectivity index (χ1) is 15.4. The molecule has 6 nitrogen and oxygen atoms in total. The summed E-state index contributed by atoms with van der Waals surface area (Å²) in [5.41, 5.74) is 2.92. The van der Waals surface area contributed by atoms with Gasteiger partial charge in [-0.05, 0) is 71.6 Å². The lowest BCUT2D eigenvalue weighted by Gasteiger charge is -2.13. The molecule has 0 radical (unpaired) electrons. The molecule has 1 aliphatic carbocycles. The zero-order valence-electron chi connectivity index (χ0n) is 16.9. The van der Waals surface area contributed by atoms with Gasteiger partial charge in [0, 0.05) is 15.1 Å². The van der Waals surface area contributed by atoms with Gasteiger partial charge in [0.2, 0.25) is 5.88 Å². The zero-order valence-corrected chi connectivity index (χ0v) is 20.0. The zero-order chi connectivity index (χ0) is 22.5. The number of imidazole rings is 1. The molecule has 0 unspecified atom stereocenters. The maximum atomic E-state index is 9.61. The Morgan fingerprint density at radius 3 is 2.78 bits per heavy atom. The summed E-state index contributed by atoms with van der Waals surface area (Å²) in [4.78, 5) is 13.7. The fourth-order valence-electron chi connectivity index (χ4n) is 3.51. The Morgan fingerprint density at radius 2 is 2.03 bits per heavy atom. The highest BCUT2D eigenvalue weighted by atomic mass is 79.9. The summed E-state index contributed by atoms with van der Waals surface area (Å²) in [5.74, 6) is 1.04. The van der Waals surface area contributed by atoms with Crippen LogP contribution in [0, 0.1) is 11.3 Å². The van der Waals surface area contributed by atoms with Crippen molar-refractivity contribution in [2.45, 2.75) is 31.9 Å². The van der Waals surface area contributed by atoms with E-state index in [0.717, 1.165) is 28.4 Å². The largest absolute Gasteiger partial charge is 0.470 e. The number of benzene rings is 2. The monoisotopic (exact) mass is 527 g/mol. The van der Waals surface area contributed by atoms with Gasteiger partial charge in [0.1, 0.15) is 17.8 Å². The Morgan fingerprint density at radius 1 is 1.22 bits per heavy atom. The lowest BCUT2D eigenvalue weighted by molar-refractivity contribution is 0.194. The van der Waals surface area contributed by atoms with E-state index in [9.17, 15) is 5.26 Å². The van der Waals surface area contributed by atoms with Crippen molar-refractivity contribution in [1.29, 1.82) is 5.26 Å². The van der Waals surface area contributed by atoms with Gasteiger partial charge in [0.15, 0.2) is 11.2 Å². The van der Waals surface area contributed by atoms with Gasteiger partial charge in [0.25, 0.3) is 0 Å². The number of rotatable bonds is 5. The van der Waals surface area contributed by atoms with Crippen LogP contribution in [-0.4, -0.2) is 25.1 Å². The molecule has 2 heterocycles. The fourth-order valence-corrected chi connectivity index (χ4v) is 4.28. The van der Waals surface area contributed by atoms with Gasteiger partial charge in [-0.2, -0.15) is 10.2 Å². The summed E-state index contributed by atoms with van der Waals surface area (Å²) in [6, 6.07) is 13.1. The van der Waals surface area contributed by atoms with Gasteiger partial charge in [-0.3, -0.25) is 0 Å². The summed E-state index contributed by atoms with van der Waals surface area (Å²) in [5, 5.41) is 10.7. The molecule has 9 heteroatoms.